The minimum atomic E-state index is -0.440. The van der Waals surface area contributed by atoms with Gasteiger partial charge in [0.05, 0.1) is 41.5 Å². The Morgan fingerprint density at radius 1 is 1.17 bits per heavy atom. The van der Waals surface area contributed by atoms with Crippen LogP contribution in [0.15, 0.2) is 36.7 Å². The molecule has 0 saturated carbocycles. The molecule has 2 aromatic carbocycles. The molecule has 9 nitrogen and oxygen atoms in total. The van der Waals surface area contributed by atoms with Gasteiger partial charge >= 0.3 is 6.01 Å². The number of aromatic nitrogens is 4. The van der Waals surface area contributed by atoms with Crippen molar-refractivity contribution in [2.24, 2.45) is 0 Å². The minimum absolute atomic E-state index is 0.0794. The van der Waals surface area contributed by atoms with Crippen LogP contribution in [-0.4, -0.2) is 68.4 Å². The average molecular weight is 578 g/mol. The standard InChI is InChI=1S/C30H33ClFN7O2/c1-18-13-38-17-33-28(32)26(38)15-39(18)29-22-8-10-37(25-12-21(40)11-19-5-3-7-23(31)27(19)25)14-24(22)34-30(35-29)41-16-20-6-4-9-36(20)2/h3,5,7,11-12,17-18,20,40H,4,6,8-10,13-16H2,1-2H3/t18-,20-/m1/s1. The SMILES string of the molecule is C[C@@H]1Cn2cnc(F)c2CN1c1nc(OC[C@H]2CCCN2C)nc2c1CCN(c1cc(O)cc3cccc(Cl)c13)C2. The summed E-state index contributed by atoms with van der Waals surface area (Å²) in [6.45, 7) is 5.88. The van der Waals surface area contributed by atoms with Crippen LogP contribution in [0.4, 0.5) is 15.9 Å². The molecule has 2 aromatic heterocycles. The van der Waals surface area contributed by atoms with Gasteiger partial charge in [-0.15, -0.1) is 0 Å². The van der Waals surface area contributed by atoms with Gasteiger partial charge < -0.3 is 29.1 Å². The Hall–Kier alpha value is -3.63. The molecular formula is C30H33ClFN7O2. The van der Waals surface area contributed by atoms with E-state index in [0.29, 0.717) is 62.0 Å². The van der Waals surface area contributed by atoms with Gasteiger partial charge in [0.1, 0.15) is 18.2 Å². The lowest BCUT2D eigenvalue weighted by Crippen LogP contribution is -2.43. The van der Waals surface area contributed by atoms with Crippen LogP contribution in [0.25, 0.3) is 10.8 Å². The molecule has 0 aliphatic carbocycles. The molecule has 1 N–H and O–H groups in total. The summed E-state index contributed by atoms with van der Waals surface area (Å²) in [5, 5.41) is 13.0. The first-order chi connectivity index (χ1) is 19.9. The number of anilines is 2. The molecule has 11 heteroatoms. The molecule has 7 rings (SSSR count). The molecule has 0 unspecified atom stereocenters. The van der Waals surface area contributed by atoms with Gasteiger partial charge in [-0.3, -0.25) is 0 Å². The Kier molecular flexibility index (Phi) is 6.62. The molecule has 41 heavy (non-hydrogen) atoms. The molecule has 1 fully saturated rings. The minimum Gasteiger partial charge on any atom is -0.508 e. The molecule has 0 spiro atoms. The summed E-state index contributed by atoms with van der Waals surface area (Å²) < 4.78 is 22.7. The van der Waals surface area contributed by atoms with E-state index in [1.54, 1.807) is 18.5 Å². The Balaban J connectivity index is 1.27. The number of fused-ring (bicyclic) bond motifs is 3. The summed E-state index contributed by atoms with van der Waals surface area (Å²) >= 11 is 6.66. The Morgan fingerprint density at radius 2 is 2.05 bits per heavy atom. The largest absolute Gasteiger partial charge is 0.508 e. The highest BCUT2D eigenvalue weighted by molar-refractivity contribution is 6.36. The summed E-state index contributed by atoms with van der Waals surface area (Å²) in [4.78, 5) is 20.5. The van der Waals surface area contributed by atoms with Crippen LogP contribution in [-0.2, 0) is 26.1 Å². The fraction of sp³-hybridized carbons (Fsp3) is 0.433. The second-order valence-electron chi connectivity index (χ2n) is 11.4. The zero-order chi connectivity index (χ0) is 28.2. The maximum Gasteiger partial charge on any atom is 0.318 e. The number of benzene rings is 2. The van der Waals surface area contributed by atoms with Crippen molar-refractivity contribution >= 4 is 33.9 Å². The van der Waals surface area contributed by atoms with E-state index in [2.05, 4.69) is 33.7 Å². The van der Waals surface area contributed by atoms with Crippen LogP contribution >= 0.6 is 11.6 Å². The molecule has 1 saturated heterocycles. The van der Waals surface area contributed by atoms with Gasteiger partial charge in [0.2, 0.25) is 5.95 Å². The van der Waals surface area contributed by atoms with Crippen LogP contribution in [0, 0.1) is 5.95 Å². The van der Waals surface area contributed by atoms with Gasteiger partial charge in [0.15, 0.2) is 0 Å². The van der Waals surface area contributed by atoms with E-state index in [1.165, 1.54) is 0 Å². The molecule has 3 aliphatic rings. The van der Waals surface area contributed by atoms with E-state index in [9.17, 15) is 9.50 Å². The van der Waals surface area contributed by atoms with Crippen LogP contribution in [0.2, 0.25) is 5.02 Å². The topological polar surface area (TPSA) is 82.8 Å². The van der Waals surface area contributed by atoms with Gasteiger partial charge in [0, 0.05) is 42.2 Å². The summed E-state index contributed by atoms with van der Waals surface area (Å²) in [7, 11) is 2.12. The van der Waals surface area contributed by atoms with Crippen LogP contribution in [0.3, 0.4) is 0 Å². The highest BCUT2D eigenvalue weighted by Crippen LogP contribution is 2.40. The van der Waals surface area contributed by atoms with Crippen molar-refractivity contribution in [1.29, 1.82) is 0 Å². The number of phenols is 1. The maximum atomic E-state index is 14.6. The number of hydrogen-bond acceptors (Lipinski definition) is 8. The Morgan fingerprint density at radius 3 is 2.88 bits per heavy atom. The van der Waals surface area contributed by atoms with Gasteiger partial charge in [-0.1, -0.05) is 23.7 Å². The van der Waals surface area contributed by atoms with Gasteiger partial charge in [-0.2, -0.15) is 14.4 Å². The Labute approximate surface area is 243 Å². The summed E-state index contributed by atoms with van der Waals surface area (Å²) in [6, 6.07) is 9.96. The van der Waals surface area contributed by atoms with E-state index in [1.807, 2.05) is 22.8 Å². The van der Waals surface area contributed by atoms with Crippen molar-refractivity contribution in [3.8, 4) is 11.8 Å². The predicted octanol–water partition coefficient (Wildman–Crippen LogP) is 4.77. The third-order valence-electron chi connectivity index (χ3n) is 8.81. The van der Waals surface area contributed by atoms with Crippen molar-refractivity contribution in [1.82, 2.24) is 24.4 Å². The molecule has 2 atom stereocenters. The first-order valence-electron chi connectivity index (χ1n) is 14.2. The second-order valence-corrected chi connectivity index (χ2v) is 11.8. The van der Waals surface area contributed by atoms with Gasteiger partial charge in [0.25, 0.3) is 0 Å². The van der Waals surface area contributed by atoms with Crippen molar-refractivity contribution < 1.29 is 14.2 Å². The zero-order valence-corrected chi connectivity index (χ0v) is 24.0. The fourth-order valence-electron chi connectivity index (χ4n) is 6.53. The number of likely N-dealkylation sites (N-methyl/N-ethyl adjacent to an activating group) is 1. The van der Waals surface area contributed by atoms with E-state index < -0.39 is 5.95 Å². The van der Waals surface area contributed by atoms with Crippen molar-refractivity contribution in [2.45, 2.75) is 57.9 Å². The van der Waals surface area contributed by atoms with Crippen molar-refractivity contribution in [3.63, 3.8) is 0 Å². The average Bonchev–Trinajstić information content (AvgIpc) is 3.54. The Bertz CT molecular complexity index is 1630. The molecule has 0 bridgehead atoms. The van der Waals surface area contributed by atoms with Crippen LogP contribution in [0.1, 0.15) is 36.7 Å². The van der Waals surface area contributed by atoms with Crippen molar-refractivity contribution in [3.05, 3.63) is 64.6 Å². The molecule has 5 heterocycles. The number of hydrogen-bond donors (Lipinski definition) is 1. The van der Waals surface area contributed by atoms with Gasteiger partial charge in [-0.25, -0.2) is 4.98 Å². The first-order valence-corrected chi connectivity index (χ1v) is 14.6. The number of nitrogens with zero attached hydrogens (tertiary/aromatic N) is 7. The van der Waals surface area contributed by atoms with Gasteiger partial charge in [-0.05, 0) is 57.3 Å². The number of rotatable bonds is 5. The number of aromatic hydroxyl groups is 1. The highest BCUT2D eigenvalue weighted by atomic mass is 35.5. The third kappa shape index (κ3) is 4.72. The number of phenolic OH excluding ortho intramolecular Hbond substituents is 1. The van der Waals surface area contributed by atoms with Crippen molar-refractivity contribution in [2.75, 3.05) is 36.5 Å². The fourth-order valence-corrected chi connectivity index (χ4v) is 6.81. The number of halogens is 2. The van der Waals surface area contributed by atoms with E-state index in [-0.39, 0.29) is 11.8 Å². The number of ether oxygens (including phenoxy) is 1. The normalized spacial score (nSPS) is 20.9. The maximum absolute atomic E-state index is 14.6. The number of imidazole rings is 1. The smallest absolute Gasteiger partial charge is 0.318 e. The zero-order valence-electron chi connectivity index (χ0n) is 23.2. The van der Waals surface area contributed by atoms with E-state index >= 15 is 0 Å². The first kappa shape index (κ1) is 26.3. The lowest BCUT2D eigenvalue weighted by Gasteiger charge is -2.38. The quantitative estimate of drug-likeness (QED) is 0.363. The second kappa shape index (κ2) is 10.3. The summed E-state index contributed by atoms with van der Waals surface area (Å²) in [6.07, 6.45) is 4.49. The predicted molar refractivity (Wildman–Crippen MR) is 156 cm³/mol. The molecular weight excluding hydrogens is 545 g/mol. The third-order valence-corrected chi connectivity index (χ3v) is 9.13. The van der Waals surface area contributed by atoms with E-state index in [0.717, 1.165) is 52.9 Å². The van der Waals surface area contributed by atoms with Crippen LogP contribution in [0.5, 0.6) is 11.8 Å². The van der Waals surface area contributed by atoms with Crippen LogP contribution < -0.4 is 14.5 Å². The summed E-state index contributed by atoms with van der Waals surface area (Å²) in [5.74, 6) is 0.543. The molecule has 0 amide bonds. The number of likely N-dealkylation sites (tertiary alicyclic amines) is 1. The molecule has 0 radical (unpaired) electrons. The molecule has 3 aliphatic heterocycles. The van der Waals surface area contributed by atoms with E-state index in [4.69, 9.17) is 26.3 Å². The lowest BCUT2D eigenvalue weighted by molar-refractivity contribution is 0.187. The highest BCUT2D eigenvalue weighted by Gasteiger charge is 2.33. The monoisotopic (exact) mass is 577 g/mol. The molecule has 4 aromatic rings. The lowest BCUT2D eigenvalue weighted by atomic mass is 10.0. The molecule has 214 valence electrons. The summed E-state index contributed by atoms with van der Waals surface area (Å²) in [5.41, 5.74) is 3.33.